The Balaban J connectivity index is 3.34. The number of rotatable bonds is 3. The molecule has 0 aliphatic heterocycles. The van der Waals surface area contributed by atoms with E-state index >= 15 is 0 Å². The molecule has 4 nitrogen and oxygen atoms in total. The van der Waals surface area contributed by atoms with Crippen LogP contribution in [0.15, 0.2) is 28.4 Å². The van der Waals surface area contributed by atoms with Gasteiger partial charge in [-0.1, -0.05) is 13.8 Å². The van der Waals surface area contributed by atoms with Crippen LogP contribution in [0.2, 0.25) is 0 Å². The van der Waals surface area contributed by atoms with Crippen molar-refractivity contribution in [1.29, 1.82) is 5.26 Å². The number of hydrogen-bond donors (Lipinski definition) is 0. The molecule has 1 heterocycles. The molecule has 4 heteroatoms. The summed E-state index contributed by atoms with van der Waals surface area (Å²) in [5.74, 6) is -0.112. The molecule has 0 saturated heterocycles. The van der Waals surface area contributed by atoms with Crippen LogP contribution >= 0.6 is 0 Å². The molecule has 0 fully saturated rings. The Hall–Kier alpha value is -2.02. The van der Waals surface area contributed by atoms with E-state index < -0.39 is 5.97 Å². The van der Waals surface area contributed by atoms with E-state index in [4.69, 9.17) is 9.68 Å². The fourth-order valence-electron chi connectivity index (χ4n) is 1.45. The summed E-state index contributed by atoms with van der Waals surface area (Å²) in [6, 6.07) is 5.30. The number of nitrogens with zero attached hydrogens (tertiary/aromatic N) is 1. The summed E-state index contributed by atoms with van der Waals surface area (Å²) in [6.07, 6.45) is 1.50. The SMILES string of the molecule is COC(=O)/C(C#N)=C(\c1ccco1)C(C)C. The first-order chi connectivity index (χ1) is 7.61. The fourth-order valence-corrected chi connectivity index (χ4v) is 1.45. The van der Waals surface area contributed by atoms with Gasteiger partial charge in [-0.25, -0.2) is 4.79 Å². The smallest absolute Gasteiger partial charge is 0.349 e. The van der Waals surface area contributed by atoms with Gasteiger partial charge in [-0.2, -0.15) is 5.26 Å². The van der Waals surface area contributed by atoms with Crippen molar-refractivity contribution in [2.24, 2.45) is 5.92 Å². The Morgan fingerprint density at radius 3 is 2.62 bits per heavy atom. The van der Waals surface area contributed by atoms with Crippen molar-refractivity contribution in [2.75, 3.05) is 7.11 Å². The maximum Gasteiger partial charge on any atom is 0.349 e. The molecule has 0 bridgehead atoms. The van der Waals surface area contributed by atoms with Gasteiger partial charge < -0.3 is 9.15 Å². The van der Waals surface area contributed by atoms with Crippen LogP contribution in [0.1, 0.15) is 19.6 Å². The van der Waals surface area contributed by atoms with Gasteiger partial charge in [0.25, 0.3) is 0 Å². The Kier molecular flexibility index (Phi) is 3.90. The number of allylic oxidation sites excluding steroid dienone is 1. The molecule has 0 unspecified atom stereocenters. The summed E-state index contributed by atoms with van der Waals surface area (Å²) in [7, 11) is 1.25. The van der Waals surface area contributed by atoms with Gasteiger partial charge in [0.15, 0.2) is 0 Å². The number of furan rings is 1. The highest BCUT2D eigenvalue weighted by Gasteiger charge is 2.21. The van der Waals surface area contributed by atoms with Gasteiger partial charge >= 0.3 is 5.97 Å². The van der Waals surface area contributed by atoms with Crippen molar-refractivity contribution in [3.63, 3.8) is 0 Å². The normalized spacial score (nSPS) is 11.9. The number of methoxy groups -OCH3 is 1. The lowest BCUT2D eigenvalue weighted by Gasteiger charge is -2.10. The topological polar surface area (TPSA) is 63.2 Å². The molecule has 0 saturated carbocycles. The van der Waals surface area contributed by atoms with Crippen molar-refractivity contribution in [2.45, 2.75) is 13.8 Å². The highest BCUT2D eigenvalue weighted by molar-refractivity contribution is 6.01. The minimum absolute atomic E-state index is 0.0000926. The Morgan fingerprint density at radius 1 is 1.56 bits per heavy atom. The van der Waals surface area contributed by atoms with Gasteiger partial charge in [-0.05, 0) is 18.1 Å². The molecule has 0 N–H and O–H groups in total. The quantitative estimate of drug-likeness (QED) is 0.445. The Labute approximate surface area is 94.1 Å². The molecule has 0 atom stereocenters. The Bertz CT molecular complexity index is 435. The average Bonchev–Trinajstić information content (AvgIpc) is 2.77. The van der Waals surface area contributed by atoms with Gasteiger partial charge in [0.05, 0.1) is 13.4 Å². The van der Waals surface area contributed by atoms with Crippen LogP contribution < -0.4 is 0 Å². The van der Waals surface area contributed by atoms with Crippen LogP contribution in [0.3, 0.4) is 0 Å². The second-order valence-corrected chi connectivity index (χ2v) is 3.52. The number of nitriles is 1. The van der Waals surface area contributed by atoms with Gasteiger partial charge in [0.2, 0.25) is 0 Å². The monoisotopic (exact) mass is 219 g/mol. The van der Waals surface area contributed by atoms with E-state index in [9.17, 15) is 4.79 Å². The van der Waals surface area contributed by atoms with Crippen LogP contribution in [0.25, 0.3) is 5.57 Å². The molecule has 16 heavy (non-hydrogen) atoms. The number of hydrogen-bond acceptors (Lipinski definition) is 4. The third-order valence-electron chi connectivity index (χ3n) is 2.13. The maximum absolute atomic E-state index is 11.4. The molecule has 1 aromatic rings. The molecule has 0 spiro atoms. The van der Waals surface area contributed by atoms with Crippen LogP contribution in [-0.4, -0.2) is 13.1 Å². The van der Waals surface area contributed by atoms with Crippen molar-refractivity contribution >= 4 is 11.5 Å². The van der Waals surface area contributed by atoms with E-state index in [0.29, 0.717) is 11.3 Å². The lowest BCUT2D eigenvalue weighted by molar-refractivity contribution is -0.135. The molecule has 0 aromatic carbocycles. The first-order valence-electron chi connectivity index (χ1n) is 4.88. The zero-order valence-electron chi connectivity index (χ0n) is 9.48. The molecule has 0 radical (unpaired) electrons. The highest BCUT2D eigenvalue weighted by atomic mass is 16.5. The summed E-state index contributed by atoms with van der Waals surface area (Å²) in [6.45, 7) is 3.77. The Morgan fingerprint density at radius 2 is 2.25 bits per heavy atom. The summed E-state index contributed by atoms with van der Waals surface area (Å²) in [5, 5.41) is 9.00. The van der Waals surface area contributed by atoms with E-state index in [1.807, 2.05) is 19.9 Å². The van der Waals surface area contributed by atoms with E-state index in [0.717, 1.165) is 0 Å². The molecule has 0 aliphatic rings. The summed E-state index contributed by atoms with van der Waals surface area (Å²) in [5.41, 5.74) is 0.562. The minimum atomic E-state index is -0.636. The van der Waals surface area contributed by atoms with Gasteiger partial charge in [0.1, 0.15) is 17.4 Å². The second-order valence-electron chi connectivity index (χ2n) is 3.52. The van der Waals surface area contributed by atoms with E-state index in [1.165, 1.54) is 13.4 Å². The number of ether oxygens (including phenoxy) is 1. The molecular weight excluding hydrogens is 206 g/mol. The number of carbonyl (C=O) groups is 1. The van der Waals surface area contributed by atoms with E-state index in [1.54, 1.807) is 12.1 Å². The lowest BCUT2D eigenvalue weighted by atomic mass is 9.95. The number of carbonyl (C=O) groups excluding carboxylic acids is 1. The van der Waals surface area contributed by atoms with Gasteiger partial charge in [-0.3, -0.25) is 0 Å². The molecule has 1 aromatic heterocycles. The van der Waals surface area contributed by atoms with Crippen molar-refractivity contribution in [3.8, 4) is 6.07 Å². The van der Waals surface area contributed by atoms with Crippen LogP contribution in [-0.2, 0) is 9.53 Å². The molecule has 0 amide bonds. The maximum atomic E-state index is 11.4. The third kappa shape index (κ3) is 2.31. The third-order valence-corrected chi connectivity index (χ3v) is 2.13. The average molecular weight is 219 g/mol. The molecule has 0 aliphatic carbocycles. The molecular formula is C12H13NO3. The minimum Gasteiger partial charge on any atom is -0.465 e. The van der Waals surface area contributed by atoms with Crippen LogP contribution in [0.5, 0.6) is 0 Å². The standard InChI is InChI=1S/C12H13NO3/c1-8(2)11(10-5-4-6-16-10)9(7-13)12(14)15-3/h4-6,8H,1-3H3/b11-9-. The predicted molar refractivity (Wildman–Crippen MR) is 58.1 cm³/mol. The zero-order chi connectivity index (χ0) is 12.1. The summed E-state index contributed by atoms with van der Waals surface area (Å²) < 4.78 is 9.79. The van der Waals surface area contributed by atoms with Gasteiger partial charge in [0, 0.05) is 5.57 Å². The second kappa shape index (κ2) is 5.17. The molecule has 84 valence electrons. The number of esters is 1. The van der Waals surface area contributed by atoms with Crippen LogP contribution in [0, 0.1) is 17.2 Å². The zero-order valence-corrected chi connectivity index (χ0v) is 9.48. The predicted octanol–water partition coefficient (Wildman–Crippen LogP) is 2.39. The van der Waals surface area contributed by atoms with Gasteiger partial charge in [-0.15, -0.1) is 0 Å². The summed E-state index contributed by atoms with van der Waals surface area (Å²) in [4.78, 5) is 11.4. The first kappa shape index (κ1) is 12.1. The largest absolute Gasteiger partial charge is 0.465 e. The van der Waals surface area contributed by atoms with Crippen molar-refractivity contribution < 1.29 is 13.9 Å². The highest BCUT2D eigenvalue weighted by Crippen LogP contribution is 2.27. The summed E-state index contributed by atoms with van der Waals surface area (Å²) >= 11 is 0. The lowest BCUT2D eigenvalue weighted by Crippen LogP contribution is -2.08. The fraction of sp³-hybridized carbons (Fsp3) is 0.333. The van der Waals surface area contributed by atoms with Crippen molar-refractivity contribution in [1.82, 2.24) is 0 Å². The van der Waals surface area contributed by atoms with Crippen LogP contribution in [0.4, 0.5) is 0 Å². The molecule has 1 rings (SSSR count). The van der Waals surface area contributed by atoms with E-state index in [-0.39, 0.29) is 11.5 Å². The van der Waals surface area contributed by atoms with Crippen molar-refractivity contribution in [3.05, 3.63) is 29.7 Å². The van der Waals surface area contributed by atoms with E-state index in [2.05, 4.69) is 4.74 Å². The first-order valence-corrected chi connectivity index (χ1v) is 4.88.